The largest absolute Gasteiger partial charge is 0.487 e. The normalized spacial score (nSPS) is 14.9. The van der Waals surface area contributed by atoms with Crippen molar-refractivity contribution >= 4 is 66.6 Å². The van der Waals surface area contributed by atoms with Crippen LogP contribution in [0.2, 0.25) is 0 Å². The molecule has 0 bridgehead atoms. The summed E-state index contributed by atoms with van der Waals surface area (Å²) >= 11 is 9.23. The number of nitrogens with zero attached hydrogens (tertiary/aromatic N) is 2. The van der Waals surface area contributed by atoms with Gasteiger partial charge in [0.15, 0.2) is 0 Å². The van der Waals surface area contributed by atoms with Crippen molar-refractivity contribution in [1.29, 1.82) is 0 Å². The first-order chi connectivity index (χ1) is 14.0. The molecule has 1 aliphatic rings. The van der Waals surface area contributed by atoms with Crippen molar-refractivity contribution in [2.24, 2.45) is 5.10 Å². The third-order valence-electron chi connectivity index (χ3n) is 4.19. The van der Waals surface area contributed by atoms with Crippen LogP contribution in [0.3, 0.4) is 0 Å². The third-order valence-corrected chi connectivity index (χ3v) is 6.11. The van der Waals surface area contributed by atoms with Crippen LogP contribution in [0.4, 0.5) is 0 Å². The van der Waals surface area contributed by atoms with Crippen LogP contribution < -0.4 is 10.2 Å². The lowest BCUT2D eigenvalue weighted by Gasteiger charge is -2.25. The molecule has 3 rings (SSSR count). The van der Waals surface area contributed by atoms with Gasteiger partial charge in [-0.25, -0.2) is 5.43 Å². The Morgan fingerprint density at radius 3 is 2.66 bits per heavy atom. The van der Waals surface area contributed by atoms with Gasteiger partial charge >= 0.3 is 0 Å². The molecule has 0 atom stereocenters. The summed E-state index contributed by atoms with van der Waals surface area (Å²) in [6, 6.07) is 11.9. The van der Waals surface area contributed by atoms with Crippen molar-refractivity contribution in [1.82, 2.24) is 10.3 Å². The van der Waals surface area contributed by atoms with Crippen LogP contribution >= 0.6 is 54.5 Å². The zero-order valence-electron chi connectivity index (χ0n) is 15.5. The smallest absolute Gasteiger partial charge is 0.254 e. The second kappa shape index (κ2) is 11.4. The molecule has 0 spiro atoms. The van der Waals surface area contributed by atoms with E-state index in [1.54, 1.807) is 6.21 Å². The quantitative estimate of drug-likeness (QED) is 0.282. The second-order valence-electron chi connectivity index (χ2n) is 6.41. The van der Waals surface area contributed by atoms with Gasteiger partial charge in [0.25, 0.3) is 5.91 Å². The first kappa shape index (κ1) is 22.7. The van der Waals surface area contributed by atoms with E-state index in [-0.39, 0.29) is 5.91 Å². The molecular weight excluding hydrogens is 617 g/mol. The van der Waals surface area contributed by atoms with Crippen molar-refractivity contribution in [3.63, 3.8) is 0 Å². The molecule has 1 N–H and O–H groups in total. The highest BCUT2D eigenvalue weighted by Crippen LogP contribution is 2.32. The zero-order chi connectivity index (χ0) is 20.6. The minimum Gasteiger partial charge on any atom is -0.487 e. The molecule has 9 heteroatoms. The number of ether oxygens (including phenoxy) is 2. The number of hydrazone groups is 1. The predicted molar refractivity (Wildman–Crippen MR) is 128 cm³/mol. The van der Waals surface area contributed by atoms with Gasteiger partial charge in [-0.1, -0.05) is 28.1 Å². The van der Waals surface area contributed by atoms with Crippen LogP contribution in [-0.2, 0) is 16.1 Å². The van der Waals surface area contributed by atoms with E-state index in [0.717, 1.165) is 42.5 Å². The topological polar surface area (TPSA) is 63.2 Å². The van der Waals surface area contributed by atoms with E-state index in [4.69, 9.17) is 9.47 Å². The minimum absolute atomic E-state index is 0.133. The van der Waals surface area contributed by atoms with Crippen molar-refractivity contribution < 1.29 is 14.3 Å². The van der Waals surface area contributed by atoms with Crippen LogP contribution in [0.1, 0.15) is 11.1 Å². The molecule has 1 amide bonds. The SMILES string of the molecule is O=C(CN1CCOCC1)N/N=C/c1cc(Br)c(OCc2ccc(Br)cc2)c(I)c1. The number of amides is 1. The van der Waals surface area contributed by atoms with E-state index >= 15 is 0 Å². The van der Waals surface area contributed by atoms with Crippen LogP contribution in [0.25, 0.3) is 0 Å². The predicted octanol–water partition coefficient (Wildman–Crippen LogP) is 4.18. The van der Waals surface area contributed by atoms with Crippen molar-refractivity contribution in [3.8, 4) is 5.75 Å². The number of carbonyl (C=O) groups is 1. The van der Waals surface area contributed by atoms with E-state index in [0.29, 0.717) is 26.4 Å². The van der Waals surface area contributed by atoms with Crippen molar-refractivity contribution in [2.75, 3.05) is 32.8 Å². The van der Waals surface area contributed by atoms with Gasteiger partial charge in [-0.15, -0.1) is 0 Å². The van der Waals surface area contributed by atoms with Crippen LogP contribution in [-0.4, -0.2) is 49.9 Å². The van der Waals surface area contributed by atoms with Gasteiger partial charge in [-0.05, 0) is 73.9 Å². The summed E-state index contributed by atoms with van der Waals surface area (Å²) < 4.78 is 14.1. The molecule has 0 radical (unpaired) electrons. The van der Waals surface area contributed by atoms with E-state index in [1.165, 1.54) is 0 Å². The molecule has 0 aromatic heterocycles. The standard InChI is InChI=1S/C20H20Br2IN3O3/c21-16-3-1-14(2-4-16)13-29-20-17(22)9-15(10-18(20)23)11-24-25-19(27)12-26-5-7-28-8-6-26/h1-4,9-11H,5-8,12-13H2,(H,25,27)/b24-11+. The van der Waals surface area contributed by atoms with E-state index in [2.05, 4.69) is 65.0 Å². The summed E-state index contributed by atoms with van der Waals surface area (Å²) in [6.45, 7) is 3.67. The number of carbonyl (C=O) groups excluding carboxylic acids is 1. The summed E-state index contributed by atoms with van der Waals surface area (Å²) in [5, 5.41) is 4.07. The fourth-order valence-electron chi connectivity index (χ4n) is 2.70. The summed E-state index contributed by atoms with van der Waals surface area (Å²) in [4.78, 5) is 14.0. The van der Waals surface area contributed by atoms with Crippen molar-refractivity contribution in [2.45, 2.75) is 6.61 Å². The Balaban J connectivity index is 1.54. The molecule has 2 aromatic carbocycles. The molecule has 1 heterocycles. The average Bonchev–Trinajstić information content (AvgIpc) is 2.69. The van der Waals surface area contributed by atoms with Gasteiger partial charge in [0.2, 0.25) is 0 Å². The molecule has 29 heavy (non-hydrogen) atoms. The Bertz CT molecular complexity index is 849. The van der Waals surface area contributed by atoms with Gasteiger partial charge in [-0.2, -0.15) is 5.10 Å². The minimum atomic E-state index is -0.133. The molecule has 6 nitrogen and oxygen atoms in total. The van der Waals surface area contributed by atoms with Gasteiger partial charge in [0.05, 0.1) is 34.0 Å². The maximum Gasteiger partial charge on any atom is 0.254 e. The second-order valence-corrected chi connectivity index (χ2v) is 9.34. The van der Waals surface area contributed by atoms with E-state index < -0.39 is 0 Å². The highest BCUT2D eigenvalue weighted by atomic mass is 127. The number of hydrogen-bond donors (Lipinski definition) is 1. The molecule has 1 fully saturated rings. The number of rotatable bonds is 7. The van der Waals surface area contributed by atoms with Gasteiger partial charge in [0.1, 0.15) is 12.4 Å². The van der Waals surface area contributed by atoms with Crippen molar-refractivity contribution in [3.05, 3.63) is 60.0 Å². The van der Waals surface area contributed by atoms with Gasteiger partial charge in [-0.3, -0.25) is 9.69 Å². The number of nitrogens with one attached hydrogen (secondary N) is 1. The summed E-state index contributed by atoms with van der Waals surface area (Å²) in [5.41, 5.74) is 4.53. The fourth-order valence-corrected chi connectivity index (χ4v) is 4.74. The highest BCUT2D eigenvalue weighted by molar-refractivity contribution is 14.1. The molecule has 2 aromatic rings. The monoisotopic (exact) mass is 635 g/mol. The first-order valence-corrected chi connectivity index (χ1v) is 11.7. The molecule has 0 unspecified atom stereocenters. The van der Waals surface area contributed by atoms with Gasteiger partial charge in [0, 0.05) is 17.6 Å². The summed E-state index contributed by atoms with van der Waals surface area (Å²) in [5.74, 6) is 0.647. The Labute approximate surface area is 200 Å². The Morgan fingerprint density at radius 1 is 1.24 bits per heavy atom. The lowest BCUT2D eigenvalue weighted by molar-refractivity contribution is -0.123. The van der Waals surface area contributed by atoms with E-state index in [9.17, 15) is 4.79 Å². The number of benzene rings is 2. The highest BCUT2D eigenvalue weighted by Gasteiger charge is 2.13. The molecule has 1 saturated heterocycles. The van der Waals surface area contributed by atoms with Gasteiger partial charge < -0.3 is 9.47 Å². The van der Waals surface area contributed by atoms with Crippen LogP contribution in [0.15, 0.2) is 50.4 Å². The Hall–Kier alpha value is -1.01. The van der Waals surface area contributed by atoms with E-state index in [1.807, 2.05) is 41.3 Å². The molecule has 1 aliphatic heterocycles. The number of halogens is 3. The number of morpholine rings is 1. The molecule has 154 valence electrons. The lowest BCUT2D eigenvalue weighted by Crippen LogP contribution is -2.42. The summed E-state index contributed by atoms with van der Waals surface area (Å²) in [7, 11) is 0. The molecule has 0 saturated carbocycles. The molecule has 0 aliphatic carbocycles. The third kappa shape index (κ3) is 7.32. The Kier molecular flexibility index (Phi) is 8.91. The lowest BCUT2D eigenvalue weighted by atomic mass is 10.2. The maximum absolute atomic E-state index is 12.0. The zero-order valence-corrected chi connectivity index (χ0v) is 20.9. The summed E-state index contributed by atoms with van der Waals surface area (Å²) in [6.07, 6.45) is 1.63. The first-order valence-electron chi connectivity index (χ1n) is 8.99. The Morgan fingerprint density at radius 2 is 1.97 bits per heavy atom. The number of hydrogen-bond acceptors (Lipinski definition) is 5. The van der Waals surface area contributed by atoms with Crippen LogP contribution in [0, 0.1) is 3.57 Å². The average molecular weight is 637 g/mol. The maximum atomic E-state index is 12.0. The van der Waals surface area contributed by atoms with Crippen LogP contribution in [0.5, 0.6) is 5.75 Å². The fraction of sp³-hybridized carbons (Fsp3) is 0.300. The molecular formula is C20H20Br2IN3O3.